The molecule has 1 aromatic rings. The normalized spacial score (nSPS) is 30.9. The molecule has 1 aromatic carbocycles. The molecule has 0 saturated carbocycles. The van der Waals surface area contributed by atoms with Crippen molar-refractivity contribution in [1.82, 2.24) is 0 Å². The summed E-state index contributed by atoms with van der Waals surface area (Å²) in [7, 11) is 1.39. The molecule has 128 valence electrons. The van der Waals surface area contributed by atoms with Gasteiger partial charge in [-0.3, -0.25) is 4.79 Å². The predicted molar refractivity (Wildman–Crippen MR) is 79.3 cm³/mol. The maximum Gasteiger partial charge on any atom is 0.303 e. The lowest BCUT2D eigenvalue weighted by molar-refractivity contribution is -0.305. The van der Waals surface area contributed by atoms with E-state index in [-0.39, 0.29) is 6.61 Å². The molecule has 0 amide bonds. The van der Waals surface area contributed by atoms with E-state index >= 15 is 0 Å². The molecule has 0 spiro atoms. The van der Waals surface area contributed by atoms with Gasteiger partial charge in [0.25, 0.3) is 0 Å². The third-order valence-corrected chi connectivity index (χ3v) is 3.62. The quantitative estimate of drug-likeness (QED) is 0.723. The number of benzene rings is 1. The van der Waals surface area contributed by atoms with Crippen molar-refractivity contribution in [3.63, 3.8) is 0 Å². The average molecular weight is 326 g/mol. The molecule has 5 atom stereocenters. The summed E-state index contributed by atoms with van der Waals surface area (Å²) in [6, 6.07) is 9.39. The van der Waals surface area contributed by atoms with Crippen molar-refractivity contribution in [2.75, 3.05) is 13.7 Å². The highest BCUT2D eigenvalue weighted by molar-refractivity contribution is 5.66. The smallest absolute Gasteiger partial charge is 0.303 e. The monoisotopic (exact) mass is 326 g/mol. The first-order valence-corrected chi connectivity index (χ1v) is 7.36. The molecule has 0 bridgehead atoms. The molecule has 1 aliphatic rings. The fourth-order valence-electron chi connectivity index (χ4n) is 2.51. The number of ether oxygens (including phenoxy) is 4. The highest BCUT2D eigenvalue weighted by Crippen LogP contribution is 2.27. The first-order valence-electron chi connectivity index (χ1n) is 7.36. The van der Waals surface area contributed by atoms with Gasteiger partial charge in [-0.15, -0.1) is 0 Å². The van der Waals surface area contributed by atoms with Crippen LogP contribution >= 0.6 is 0 Å². The molecule has 2 N–H and O–H groups in total. The lowest BCUT2D eigenvalue weighted by atomic mass is 9.98. The lowest BCUT2D eigenvalue weighted by Gasteiger charge is -2.42. The van der Waals surface area contributed by atoms with Crippen LogP contribution in [0.25, 0.3) is 0 Å². The number of hydrogen-bond acceptors (Lipinski definition) is 7. The molecule has 1 heterocycles. The summed E-state index contributed by atoms with van der Waals surface area (Å²) < 4.78 is 21.5. The van der Waals surface area contributed by atoms with Crippen LogP contribution in [0.15, 0.2) is 30.3 Å². The van der Waals surface area contributed by atoms with Crippen molar-refractivity contribution in [3.05, 3.63) is 35.9 Å². The van der Waals surface area contributed by atoms with E-state index in [4.69, 9.17) is 18.9 Å². The van der Waals surface area contributed by atoms with Crippen LogP contribution in [-0.4, -0.2) is 60.6 Å². The van der Waals surface area contributed by atoms with Crippen LogP contribution in [0, 0.1) is 0 Å². The molecule has 23 heavy (non-hydrogen) atoms. The SMILES string of the molecule is CO[C@@H]1O[C@@H](CO)[C@@H](O)[C@H](OCc2ccccc2)[C@H]1OC(C)=O. The molecule has 1 fully saturated rings. The summed E-state index contributed by atoms with van der Waals surface area (Å²) in [6.45, 7) is 1.07. The molecule has 7 heteroatoms. The molecular weight excluding hydrogens is 304 g/mol. The summed E-state index contributed by atoms with van der Waals surface area (Å²) in [6.07, 6.45) is -4.78. The largest absolute Gasteiger partial charge is 0.454 e. The Morgan fingerprint density at radius 2 is 1.96 bits per heavy atom. The first kappa shape index (κ1) is 17.8. The van der Waals surface area contributed by atoms with E-state index in [9.17, 15) is 15.0 Å². The van der Waals surface area contributed by atoms with Crippen molar-refractivity contribution < 1.29 is 34.0 Å². The zero-order valence-electron chi connectivity index (χ0n) is 13.1. The van der Waals surface area contributed by atoms with Gasteiger partial charge in [-0.05, 0) is 5.56 Å². The molecule has 0 radical (unpaired) electrons. The minimum Gasteiger partial charge on any atom is -0.454 e. The van der Waals surface area contributed by atoms with Gasteiger partial charge in [-0.1, -0.05) is 30.3 Å². The number of rotatable bonds is 6. The maximum atomic E-state index is 11.3. The third-order valence-electron chi connectivity index (χ3n) is 3.62. The third kappa shape index (κ3) is 4.49. The highest BCUT2D eigenvalue weighted by atomic mass is 16.7. The van der Waals surface area contributed by atoms with Crippen molar-refractivity contribution in [1.29, 1.82) is 0 Å². The number of esters is 1. The topological polar surface area (TPSA) is 94.5 Å². The molecule has 0 aromatic heterocycles. The van der Waals surface area contributed by atoms with Gasteiger partial charge >= 0.3 is 5.97 Å². The second-order valence-electron chi connectivity index (χ2n) is 5.29. The van der Waals surface area contributed by atoms with E-state index in [1.165, 1.54) is 14.0 Å². The van der Waals surface area contributed by atoms with Crippen molar-refractivity contribution in [2.45, 2.75) is 44.2 Å². The standard InChI is InChI=1S/C16H22O7/c1-10(18)22-15-14(21-9-11-6-4-3-5-7-11)13(19)12(8-17)23-16(15)20-2/h3-7,12-17,19H,8-9H2,1-2H3/t12-,13+,14-,15+,16+/m0/s1. The van der Waals surface area contributed by atoms with Crippen LogP contribution < -0.4 is 0 Å². The Labute approximate surface area is 134 Å². The van der Waals surface area contributed by atoms with Gasteiger partial charge in [0, 0.05) is 14.0 Å². The van der Waals surface area contributed by atoms with E-state index in [1.54, 1.807) is 0 Å². The Bertz CT molecular complexity index is 492. The average Bonchev–Trinajstić information content (AvgIpc) is 2.55. The van der Waals surface area contributed by atoms with E-state index < -0.39 is 43.3 Å². The number of carbonyl (C=O) groups is 1. The Balaban J connectivity index is 2.15. The van der Waals surface area contributed by atoms with Crippen LogP contribution in [0.3, 0.4) is 0 Å². The first-order chi connectivity index (χ1) is 11.1. The second-order valence-corrected chi connectivity index (χ2v) is 5.29. The number of aliphatic hydroxyl groups is 2. The molecule has 1 aliphatic heterocycles. The van der Waals surface area contributed by atoms with Gasteiger partial charge in [0.2, 0.25) is 0 Å². The van der Waals surface area contributed by atoms with Crippen molar-refractivity contribution in [3.8, 4) is 0 Å². The second kappa shape index (κ2) is 8.37. The molecule has 0 unspecified atom stereocenters. The number of carbonyl (C=O) groups excluding carboxylic acids is 1. The van der Waals surface area contributed by atoms with Gasteiger partial charge < -0.3 is 29.2 Å². The summed E-state index contributed by atoms with van der Waals surface area (Å²) >= 11 is 0. The van der Waals surface area contributed by atoms with E-state index in [2.05, 4.69) is 0 Å². The summed E-state index contributed by atoms with van der Waals surface area (Å²) in [5.74, 6) is -0.538. The Morgan fingerprint density at radius 3 is 2.52 bits per heavy atom. The predicted octanol–water partition coefficient (Wildman–Crippen LogP) is 0.228. The van der Waals surface area contributed by atoms with Crippen molar-refractivity contribution >= 4 is 5.97 Å². The fraction of sp³-hybridized carbons (Fsp3) is 0.562. The number of hydrogen-bond donors (Lipinski definition) is 2. The van der Waals surface area contributed by atoms with Gasteiger partial charge in [0.15, 0.2) is 12.4 Å². The minimum atomic E-state index is -1.15. The zero-order valence-corrected chi connectivity index (χ0v) is 13.1. The summed E-state index contributed by atoms with van der Waals surface area (Å²) in [5.41, 5.74) is 0.905. The van der Waals surface area contributed by atoms with Crippen LogP contribution in [0.4, 0.5) is 0 Å². The number of methoxy groups -OCH3 is 1. The van der Waals surface area contributed by atoms with Crippen LogP contribution in [0.1, 0.15) is 12.5 Å². The zero-order chi connectivity index (χ0) is 16.8. The number of aliphatic hydroxyl groups excluding tert-OH is 2. The molecule has 1 saturated heterocycles. The van der Waals surface area contributed by atoms with E-state index in [0.717, 1.165) is 5.56 Å². The van der Waals surface area contributed by atoms with Gasteiger partial charge in [-0.2, -0.15) is 0 Å². The van der Waals surface area contributed by atoms with Crippen LogP contribution in [0.2, 0.25) is 0 Å². The lowest BCUT2D eigenvalue weighted by Crippen LogP contribution is -2.61. The Kier molecular flexibility index (Phi) is 6.49. The fourth-order valence-corrected chi connectivity index (χ4v) is 2.51. The highest BCUT2D eigenvalue weighted by Gasteiger charge is 2.48. The summed E-state index contributed by atoms with van der Waals surface area (Å²) in [5, 5.41) is 19.7. The Hall–Kier alpha value is -1.51. The van der Waals surface area contributed by atoms with Crippen LogP contribution in [0.5, 0.6) is 0 Å². The molecule has 0 aliphatic carbocycles. The van der Waals surface area contributed by atoms with Gasteiger partial charge in [-0.25, -0.2) is 0 Å². The molecule has 2 rings (SSSR count). The molecule has 7 nitrogen and oxygen atoms in total. The van der Waals surface area contributed by atoms with Gasteiger partial charge in [0.1, 0.15) is 18.3 Å². The van der Waals surface area contributed by atoms with Crippen LogP contribution in [-0.2, 0) is 30.3 Å². The molecular formula is C16H22O7. The van der Waals surface area contributed by atoms with E-state index in [0.29, 0.717) is 0 Å². The van der Waals surface area contributed by atoms with E-state index in [1.807, 2.05) is 30.3 Å². The maximum absolute atomic E-state index is 11.3. The van der Waals surface area contributed by atoms with Gasteiger partial charge in [0.05, 0.1) is 13.2 Å². The van der Waals surface area contributed by atoms with Crippen molar-refractivity contribution in [2.24, 2.45) is 0 Å². The minimum absolute atomic E-state index is 0.217. The Morgan fingerprint density at radius 1 is 1.26 bits per heavy atom. The summed E-state index contributed by atoms with van der Waals surface area (Å²) in [4.78, 5) is 11.3.